The molecule has 0 amide bonds. The Balaban J connectivity index is 0.000000729. The van der Waals surface area contributed by atoms with Gasteiger partial charge in [-0.15, -0.1) is 0 Å². The first-order valence-corrected chi connectivity index (χ1v) is 16.3. The second-order valence-electron chi connectivity index (χ2n) is 12.7. The second kappa shape index (κ2) is 15.2. The van der Waals surface area contributed by atoms with Crippen LogP contribution in [0.25, 0.3) is 11.1 Å². The summed E-state index contributed by atoms with van der Waals surface area (Å²) in [5, 5.41) is 3.59. The third kappa shape index (κ3) is 8.23. The van der Waals surface area contributed by atoms with E-state index in [0.29, 0.717) is 12.0 Å². The highest BCUT2D eigenvalue weighted by atomic mass is 16.1. The summed E-state index contributed by atoms with van der Waals surface area (Å²) in [6, 6.07) is 12.2. The lowest BCUT2D eigenvalue weighted by Gasteiger charge is -2.27. The number of aryl methyl sites for hydroxylation is 2. The van der Waals surface area contributed by atoms with Gasteiger partial charge in [0.25, 0.3) is 5.56 Å². The van der Waals surface area contributed by atoms with Gasteiger partial charge < -0.3 is 9.88 Å². The quantitative estimate of drug-likeness (QED) is 0.308. The normalized spacial score (nSPS) is 16.6. The molecule has 1 saturated carbocycles. The number of rotatable bonds is 7. The SMILES string of the molecule is CC.CC1CC1.CCC(C)c1cc(-c2cn(C)c(=O)c(C)c2C)cc(C)c1CN(C)Cc1ccc2c(c1)C(C)NCC2. The summed E-state index contributed by atoms with van der Waals surface area (Å²) in [5.41, 5.74) is 12.9. The average Bonchev–Trinajstić information content (AvgIpc) is 3.78. The summed E-state index contributed by atoms with van der Waals surface area (Å²) in [6.07, 6.45) is 7.19. The monoisotopic (exact) mass is 571 g/mol. The van der Waals surface area contributed by atoms with Crippen molar-refractivity contribution in [2.75, 3.05) is 13.6 Å². The minimum Gasteiger partial charge on any atom is -0.318 e. The Kier molecular flexibility index (Phi) is 12.2. The molecule has 1 N–H and O–H groups in total. The van der Waals surface area contributed by atoms with Crippen molar-refractivity contribution >= 4 is 0 Å². The fraction of sp³-hybridized carbons (Fsp3) is 0.553. The molecule has 2 aliphatic rings. The molecule has 230 valence electrons. The van der Waals surface area contributed by atoms with Crippen molar-refractivity contribution in [1.82, 2.24) is 14.8 Å². The number of benzene rings is 2. The smallest absolute Gasteiger partial charge is 0.253 e. The molecule has 3 aromatic rings. The number of nitrogens with zero attached hydrogens (tertiary/aromatic N) is 2. The van der Waals surface area contributed by atoms with Crippen LogP contribution in [0, 0.1) is 26.7 Å². The predicted octanol–water partition coefficient (Wildman–Crippen LogP) is 8.77. The van der Waals surface area contributed by atoms with E-state index in [2.05, 4.69) is 89.1 Å². The van der Waals surface area contributed by atoms with Gasteiger partial charge in [-0.3, -0.25) is 9.69 Å². The summed E-state index contributed by atoms with van der Waals surface area (Å²) in [7, 11) is 4.08. The zero-order valence-electron chi connectivity index (χ0n) is 28.4. The zero-order valence-corrected chi connectivity index (χ0v) is 28.4. The van der Waals surface area contributed by atoms with E-state index in [1.54, 1.807) is 4.57 Å². The Hall–Kier alpha value is -2.69. The molecule has 0 saturated heterocycles. The van der Waals surface area contributed by atoms with Crippen molar-refractivity contribution in [3.8, 4) is 11.1 Å². The summed E-state index contributed by atoms with van der Waals surface area (Å²) in [5.74, 6) is 1.55. The maximum Gasteiger partial charge on any atom is 0.253 e. The van der Waals surface area contributed by atoms with Gasteiger partial charge in [-0.05, 0) is 110 Å². The first kappa shape index (κ1) is 33.8. The molecule has 4 heteroatoms. The third-order valence-corrected chi connectivity index (χ3v) is 9.16. The van der Waals surface area contributed by atoms with Crippen LogP contribution in [0.2, 0.25) is 0 Å². The Morgan fingerprint density at radius 2 is 1.69 bits per heavy atom. The first-order chi connectivity index (χ1) is 20.0. The number of hydrogen-bond acceptors (Lipinski definition) is 3. The van der Waals surface area contributed by atoms with Crippen molar-refractivity contribution < 1.29 is 0 Å². The molecule has 0 radical (unpaired) electrons. The lowest BCUT2D eigenvalue weighted by atomic mass is 9.86. The minimum atomic E-state index is 0.0840. The average molecular weight is 572 g/mol. The lowest BCUT2D eigenvalue weighted by molar-refractivity contribution is 0.316. The van der Waals surface area contributed by atoms with Crippen molar-refractivity contribution in [2.24, 2.45) is 13.0 Å². The van der Waals surface area contributed by atoms with Crippen LogP contribution in [0.4, 0.5) is 0 Å². The number of hydrogen-bond donors (Lipinski definition) is 1. The van der Waals surface area contributed by atoms with Gasteiger partial charge in [0.2, 0.25) is 0 Å². The van der Waals surface area contributed by atoms with Gasteiger partial charge in [0.1, 0.15) is 0 Å². The Morgan fingerprint density at radius 3 is 2.31 bits per heavy atom. The number of nitrogens with one attached hydrogen (secondary N) is 1. The van der Waals surface area contributed by atoms with E-state index in [-0.39, 0.29) is 5.56 Å². The maximum atomic E-state index is 12.4. The summed E-state index contributed by atoms with van der Waals surface area (Å²) in [4.78, 5) is 14.9. The zero-order chi connectivity index (χ0) is 31.1. The van der Waals surface area contributed by atoms with E-state index in [1.165, 1.54) is 51.8 Å². The molecule has 2 aromatic carbocycles. The van der Waals surface area contributed by atoms with Crippen molar-refractivity contribution in [1.29, 1.82) is 0 Å². The molecule has 1 aliphatic carbocycles. The molecule has 2 heterocycles. The molecule has 5 rings (SSSR count). The fourth-order valence-electron chi connectivity index (χ4n) is 5.85. The van der Waals surface area contributed by atoms with Crippen molar-refractivity contribution in [3.63, 3.8) is 0 Å². The van der Waals surface area contributed by atoms with Crippen LogP contribution in [-0.2, 0) is 26.6 Å². The largest absolute Gasteiger partial charge is 0.318 e. The molecule has 0 spiro atoms. The van der Waals surface area contributed by atoms with E-state index in [0.717, 1.165) is 55.1 Å². The van der Waals surface area contributed by atoms with Gasteiger partial charge in [0.05, 0.1) is 0 Å². The van der Waals surface area contributed by atoms with Gasteiger partial charge in [0.15, 0.2) is 0 Å². The fourth-order valence-corrected chi connectivity index (χ4v) is 5.85. The molecule has 0 bridgehead atoms. The van der Waals surface area contributed by atoms with E-state index in [4.69, 9.17) is 0 Å². The molecular weight excluding hydrogens is 514 g/mol. The van der Waals surface area contributed by atoms with Crippen molar-refractivity contribution in [2.45, 2.75) is 113 Å². The summed E-state index contributed by atoms with van der Waals surface area (Å²) in [6.45, 7) is 22.3. The molecule has 4 nitrogen and oxygen atoms in total. The van der Waals surface area contributed by atoms with Crippen LogP contribution >= 0.6 is 0 Å². The van der Waals surface area contributed by atoms with Crippen LogP contribution in [0.3, 0.4) is 0 Å². The highest BCUT2D eigenvalue weighted by Gasteiger charge is 2.19. The van der Waals surface area contributed by atoms with Crippen LogP contribution in [0.5, 0.6) is 0 Å². The van der Waals surface area contributed by atoms with Gasteiger partial charge in [-0.2, -0.15) is 0 Å². The highest BCUT2D eigenvalue weighted by Crippen LogP contribution is 2.34. The summed E-state index contributed by atoms with van der Waals surface area (Å²) >= 11 is 0. The number of pyridine rings is 1. The highest BCUT2D eigenvalue weighted by molar-refractivity contribution is 5.70. The molecule has 1 fully saturated rings. The molecular formula is C38H57N3O. The lowest BCUT2D eigenvalue weighted by Crippen LogP contribution is -2.28. The molecule has 1 aromatic heterocycles. The molecule has 42 heavy (non-hydrogen) atoms. The number of aromatic nitrogens is 1. The van der Waals surface area contributed by atoms with E-state index in [9.17, 15) is 4.79 Å². The topological polar surface area (TPSA) is 37.3 Å². The van der Waals surface area contributed by atoms with Gasteiger partial charge in [-0.25, -0.2) is 0 Å². The van der Waals surface area contributed by atoms with Gasteiger partial charge in [-0.1, -0.05) is 77.8 Å². The van der Waals surface area contributed by atoms with Gasteiger partial charge >= 0.3 is 0 Å². The van der Waals surface area contributed by atoms with Gasteiger partial charge in [0, 0.05) is 43.5 Å². The standard InChI is InChI=1S/C32H43N3O.C4H8.C2H6/c1-9-20(2)28-16-27(31-19-35(8)32(36)23(5)22(31)4)14-21(3)30(28)18-34(7)17-25-10-11-26-12-13-33-24(6)29(26)15-25;1-4-2-3-4;1-2/h10-11,14-16,19-20,24,33H,9,12-13,17-18H2,1-8H3;4H,2-3H2,1H3;1-2H3. The maximum absolute atomic E-state index is 12.4. The van der Waals surface area contributed by atoms with E-state index < -0.39 is 0 Å². The van der Waals surface area contributed by atoms with Crippen LogP contribution in [0.1, 0.15) is 117 Å². The Labute approximate surface area is 256 Å². The van der Waals surface area contributed by atoms with Crippen molar-refractivity contribution in [3.05, 3.63) is 91.4 Å². The second-order valence-corrected chi connectivity index (χ2v) is 12.7. The van der Waals surface area contributed by atoms with E-state index in [1.807, 2.05) is 34.0 Å². The Morgan fingerprint density at radius 1 is 1.02 bits per heavy atom. The molecule has 2 unspecified atom stereocenters. The predicted molar refractivity (Wildman–Crippen MR) is 182 cm³/mol. The Bertz CT molecular complexity index is 1400. The van der Waals surface area contributed by atoms with Crippen LogP contribution in [0.15, 0.2) is 41.3 Å². The molecule has 1 aliphatic heterocycles. The van der Waals surface area contributed by atoms with E-state index >= 15 is 0 Å². The van der Waals surface area contributed by atoms with Crippen LogP contribution < -0.4 is 10.9 Å². The third-order valence-electron chi connectivity index (χ3n) is 9.16. The minimum absolute atomic E-state index is 0.0840. The first-order valence-electron chi connectivity index (χ1n) is 16.3. The number of fused-ring (bicyclic) bond motifs is 1. The molecule has 2 atom stereocenters. The summed E-state index contributed by atoms with van der Waals surface area (Å²) < 4.78 is 1.71. The van der Waals surface area contributed by atoms with Crippen LogP contribution in [-0.4, -0.2) is 23.1 Å².